The summed E-state index contributed by atoms with van der Waals surface area (Å²) in [5.74, 6) is -2.26. The maximum Gasteiger partial charge on any atom is 0.306 e. The van der Waals surface area contributed by atoms with E-state index in [2.05, 4.69) is 38.2 Å². The lowest BCUT2D eigenvalue weighted by Gasteiger charge is -2.26. The Labute approximate surface area is 407 Å². The van der Waals surface area contributed by atoms with Crippen LogP contribution in [-0.4, -0.2) is 82.3 Å². The van der Waals surface area contributed by atoms with E-state index in [1.165, 1.54) is 193 Å². The Morgan fingerprint density at radius 2 is 0.818 bits per heavy atom. The molecule has 9 heteroatoms. The lowest BCUT2D eigenvalue weighted by atomic mass is 10.0. The molecule has 0 fully saturated rings. The number of ether oxygens (including phenoxy) is 4. The minimum atomic E-state index is -1.62. The molecule has 0 spiro atoms. The molecule has 0 aromatic carbocycles. The van der Waals surface area contributed by atoms with Gasteiger partial charge in [-0.3, -0.25) is 9.59 Å². The molecule has 2 atom stereocenters. The number of esters is 2. The zero-order valence-corrected chi connectivity index (χ0v) is 44.1. The fraction of sp³-hybridized carbons (Fsp3) is 0.877. The number of allylic oxidation sites excluding steroid dienone is 4. The molecule has 0 saturated carbocycles. The SMILES string of the molecule is CCCCCCC/C=C\C/C=C\CCCCCCCCCCCCCCCCCC(=O)OC(COC(=O)CCCCCCCCCCCCCCCC)COC(OCC[N+](C)(C)C)C(=O)[O-]. The molecule has 66 heavy (non-hydrogen) atoms. The second-order valence-corrected chi connectivity index (χ2v) is 20.2. The van der Waals surface area contributed by atoms with Gasteiger partial charge in [0.15, 0.2) is 12.4 Å². The minimum Gasteiger partial charge on any atom is -0.545 e. The van der Waals surface area contributed by atoms with Crippen LogP contribution in [0, 0.1) is 0 Å². The van der Waals surface area contributed by atoms with Crippen LogP contribution in [0.2, 0.25) is 0 Å². The molecule has 2 unspecified atom stereocenters. The molecular formula is C57H107NO8. The first kappa shape index (κ1) is 63.8. The van der Waals surface area contributed by atoms with Gasteiger partial charge in [-0.1, -0.05) is 231 Å². The fourth-order valence-electron chi connectivity index (χ4n) is 8.10. The second-order valence-electron chi connectivity index (χ2n) is 20.2. The smallest absolute Gasteiger partial charge is 0.306 e. The summed E-state index contributed by atoms with van der Waals surface area (Å²) in [5.41, 5.74) is 0. The van der Waals surface area contributed by atoms with Crippen LogP contribution in [0.3, 0.4) is 0 Å². The normalized spacial score (nSPS) is 12.9. The largest absolute Gasteiger partial charge is 0.545 e. The molecule has 388 valence electrons. The lowest BCUT2D eigenvalue weighted by Crippen LogP contribution is -2.44. The van der Waals surface area contributed by atoms with E-state index in [1.807, 2.05) is 21.1 Å². The summed E-state index contributed by atoms with van der Waals surface area (Å²) in [4.78, 5) is 37.2. The number of likely N-dealkylation sites (N-methyl/N-ethyl adjacent to an activating group) is 1. The van der Waals surface area contributed by atoms with E-state index in [0.717, 1.165) is 44.9 Å². The molecule has 0 N–H and O–H groups in total. The summed E-state index contributed by atoms with van der Waals surface area (Å²) < 4.78 is 22.7. The average Bonchev–Trinajstić information content (AvgIpc) is 3.28. The van der Waals surface area contributed by atoms with Gasteiger partial charge in [0.05, 0.1) is 40.3 Å². The van der Waals surface area contributed by atoms with E-state index in [-0.39, 0.29) is 32.2 Å². The van der Waals surface area contributed by atoms with E-state index in [4.69, 9.17) is 18.9 Å². The van der Waals surface area contributed by atoms with Gasteiger partial charge in [-0.05, 0) is 44.9 Å². The van der Waals surface area contributed by atoms with Crippen molar-refractivity contribution in [2.75, 3.05) is 47.5 Å². The van der Waals surface area contributed by atoms with Gasteiger partial charge in [0.25, 0.3) is 0 Å². The van der Waals surface area contributed by atoms with Gasteiger partial charge in [-0.2, -0.15) is 0 Å². The molecule has 0 bridgehead atoms. The number of rotatable bonds is 52. The maximum absolute atomic E-state index is 12.8. The first-order chi connectivity index (χ1) is 32.1. The third-order valence-corrected chi connectivity index (χ3v) is 12.5. The van der Waals surface area contributed by atoms with E-state index in [9.17, 15) is 19.5 Å². The van der Waals surface area contributed by atoms with Crippen LogP contribution < -0.4 is 5.11 Å². The van der Waals surface area contributed by atoms with Crippen molar-refractivity contribution < 1.29 is 42.9 Å². The van der Waals surface area contributed by atoms with E-state index in [1.54, 1.807) is 0 Å². The molecule has 0 aromatic heterocycles. The third-order valence-electron chi connectivity index (χ3n) is 12.5. The molecule has 9 nitrogen and oxygen atoms in total. The number of carboxylic acids is 1. The molecule has 0 amide bonds. The Morgan fingerprint density at radius 1 is 0.455 bits per heavy atom. The van der Waals surface area contributed by atoms with Crippen LogP contribution in [0.4, 0.5) is 0 Å². The first-order valence-corrected chi connectivity index (χ1v) is 28.0. The zero-order valence-electron chi connectivity index (χ0n) is 44.1. The van der Waals surface area contributed by atoms with E-state index >= 15 is 0 Å². The summed E-state index contributed by atoms with van der Waals surface area (Å²) in [6.07, 6.45) is 53.6. The van der Waals surface area contributed by atoms with Crippen LogP contribution >= 0.6 is 0 Å². The Morgan fingerprint density at radius 3 is 1.20 bits per heavy atom. The van der Waals surface area contributed by atoms with Crippen molar-refractivity contribution in [3.8, 4) is 0 Å². The van der Waals surface area contributed by atoms with E-state index < -0.39 is 24.3 Å². The van der Waals surface area contributed by atoms with Gasteiger partial charge in [0.1, 0.15) is 13.2 Å². The predicted molar refractivity (Wildman–Crippen MR) is 274 cm³/mol. The predicted octanol–water partition coefficient (Wildman–Crippen LogP) is 14.6. The molecule has 0 aromatic rings. The quantitative estimate of drug-likeness (QED) is 0.0195. The summed E-state index contributed by atoms with van der Waals surface area (Å²) in [6, 6.07) is 0. The van der Waals surface area contributed by atoms with Crippen molar-refractivity contribution >= 4 is 17.9 Å². The van der Waals surface area contributed by atoms with Crippen molar-refractivity contribution in [2.24, 2.45) is 0 Å². The van der Waals surface area contributed by atoms with Gasteiger partial charge >= 0.3 is 11.9 Å². The lowest BCUT2D eigenvalue weighted by molar-refractivity contribution is -0.870. The van der Waals surface area contributed by atoms with Gasteiger partial charge in [0.2, 0.25) is 0 Å². The molecule has 0 aliphatic carbocycles. The number of aliphatic carboxylic acids is 1. The molecule has 0 saturated heterocycles. The van der Waals surface area contributed by atoms with E-state index in [0.29, 0.717) is 17.4 Å². The Balaban J connectivity index is 4.18. The van der Waals surface area contributed by atoms with Crippen molar-refractivity contribution in [2.45, 2.75) is 277 Å². The molecular weight excluding hydrogens is 827 g/mol. The van der Waals surface area contributed by atoms with Gasteiger partial charge in [0, 0.05) is 12.8 Å². The van der Waals surface area contributed by atoms with Crippen LogP contribution in [0.1, 0.15) is 264 Å². The highest BCUT2D eigenvalue weighted by atomic mass is 16.7. The number of nitrogens with zero attached hydrogens (tertiary/aromatic N) is 1. The van der Waals surface area contributed by atoms with Gasteiger partial charge in [-0.15, -0.1) is 0 Å². The molecule has 0 aliphatic rings. The maximum atomic E-state index is 12.8. The van der Waals surface area contributed by atoms with Crippen molar-refractivity contribution in [3.63, 3.8) is 0 Å². The Hall–Kier alpha value is -2.23. The van der Waals surface area contributed by atoms with Gasteiger partial charge < -0.3 is 33.3 Å². The summed E-state index contributed by atoms with van der Waals surface area (Å²) in [5, 5.41) is 11.7. The van der Waals surface area contributed by atoms with Crippen molar-refractivity contribution in [1.29, 1.82) is 0 Å². The summed E-state index contributed by atoms with van der Waals surface area (Å²) >= 11 is 0. The van der Waals surface area contributed by atoms with Crippen LogP contribution in [0.15, 0.2) is 24.3 Å². The van der Waals surface area contributed by atoms with Crippen molar-refractivity contribution in [3.05, 3.63) is 24.3 Å². The highest BCUT2D eigenvalue weighted by molar-refractivity contribution is 5.70. The highest BCUT2D eigenvalue weighted by Gasteiger charge is 2.22. The average molecular weight is 934 g/mol. The Bertz CT molecular complexity index is 1130. The highest BCUT2D eigenvalue weighted by Crippen LogP contribution is 2.17. The molecule has 0 rings (SSSR count). The summed E-state index contributed by atoms with van der Waals surface area (Å²) in [7, 11) is 5.93. The molecule has 0 heterocycles. The zero-order chi connectivity index (χ0) is 48.4. The molecule has 0 aliphatic heterocycles. The third kappa shape index (κ3) is 49.7. The Kier molecular flexibility index (Phi) is 47.5. The number of hydrogen-bond donors (Lipinski definition) is 0. The van der Waals surface area contributed by atoms with Crippen LogP contribution in [0.5, 0.6) is 0 Å². The topological polar surface area (TPSA) is 111 Å². The monoisotopic (exact) mass is 934 g/mol. The standard InChI is InChI=1S/C57H107NO8/c1-6-8-10-12-14-16-18-20-22-23-24-25-26-27-28-29-30-31-32-33-34-36-38-40-42-44-46-48-55(60)66-53(52-65-57(56(61)62)63-50-49-58(3,4)5)51-64-54(59)47-45-43-41-39-37-35-21-19-17-15-13-11-9-7-2/h18,20,23-24,53,57H,6-17,19,21-22,25-52H2,1-5H3/b20-18-,24-23-. The second kappa shape index (κ2) is 49.2. The van der Waals surface area contributed by atoms with Crippen molar-refractivity contribution in [1.82, 2.24) is 0 Å². The number of hydrogen-bond acceptors (Lipinski definition) is 8. The minimum absolute atomic E-state index is 0.151. The number of quaternary nitrogens is 1. The number of carbonyl (C=O) groups is 3. The number of unbranched alkanes of at least 4 members (excludes halogenated alkanes) is 33. The molecule has 0 radical (unpaired) electrons. The van der Waals surface area contributed by atoms with Crippen LogP contribution in [0.25, 0.3) is 0 Å². The summed E-state index contributed by atoms with van der Waals surface area (Å²) in [6.45, 7) is 4.77. The fourth-order valence-corrected chi connectivity index (χ4v) is 8.10. The van der Waals surface area contributed by atoms with Crippen LogP contribution in [-0.2, 0) is 33.3 Å². The van der Waals surface area contributed by atoms with Gasteiger partial charge in [-0.25, -0.2) is 0 Å². The first-order valence-electron chi connectivity index (χ1n) is 28.0. The number of carbonyl (C=O) groups excluding carboxylic acids is 3. The number of carboxylic acid groups (broad SMARTS) is 1.